The van der Waals surface area contributed by atoms with Crippen molar-refractivity contribution in [1.82, 2.24) is 15.3 Å². The molecule has 1 heterocycles. The molecule has 20 heavy (non-hydrogen) atoms. The van der Waals surface area contributed by atoms with Gasteiger partial charge < -0.3 is 15.2 Å². The van der Waals surface area contributed by atoms with E-state index < -0.39 is 4.92 Å². The molecular formula is C13H19N5O2. The number of hydrogen-bond donors (Lipinski definition) is 2. The number of H-pyrrole nitrogens is 1. The number of fused-ring (bicyclic) bond motifs is 1. The van der Waals surface area contributed by atoms with Gasteiger partial charge in [0.25, 0.3) is 5.69 Å². The molecule has 7 heteroatoms. The predicted octanol–water partition coefficient (Wildman–Crippen LogP) is 1.91. The minimum Gasteiger partial charge on any atom is -0.341 e. The Bertz CT molecular complexity index is 595. The SMILES string of the molecule is CCCN(CCNC)c1nc2ccc([N+](=O)[O-])cc2[nH]1. The molecule has 2 N–H and O–H groups in total. The normalized spacial score (nSPS) is 10.9. The maximum absolute atomic E-state index is 10.8. The van der Waals surface area contributed by atoms with Crippen LogP contribution in [0.3, 0.4) is 0 Å². The number of imidazole rings is 1. The topological polar surface area (TPSA) is 87.1 Å². The summed E-state index contributed by atoms with van der Waals surface area (Å²) < 4.78 is 0. The molecular weight excluding hydrogens is 258 g/mol. The monoisotopic (exact) mass is 277 g/mol. The van der Waals surface area contributed by atoms with Gasteiger partial charge in [0.2, 0.25) is 5.95 Å². The highest BCUT2D eigenvalue weighted by Gasteiger charge is 2.13. The van der Waals surface area contributed by atoms with E-state index in [2.05, 4.69) is 27.1 Å². The largest absolute Gasteiger partial charge is 0.341 e. The molecule has 0 saturated carbocycles. The lowest BCUT2D eigenvalue weighted by Crippen LogP contribution is -2.32. The zero-order valence-corrected chi connectivity index (χ0v) is 11.7. The fraction of sp³-hybridized carbons (Fsp3) is 0.462. The average Bonchev–Trinajstić information content (AvgIpc) is 2.85. The molecule has 0 aliphatic carbocycles. The Morgan fingerprint density at radius 1 is 1.45 bits per heavy atom. The number of hydrogen-bond acceptors (Lipinski definition) is 5. The highest BCUT2D eigenvalue weighted by Crippen LogP contribution is 2.22. The van der Waals surface area contributed by atoms with Crippen molar-refractivity contribution in [1.29, 1.82) is 0 Å². The van der Waals surface area contributed by atoms with Crippen LogP contribution in [0.1, 0.15) is 13.3 Å². The van der Waals surface area contributed by atoms with Gasteiger partial charge >= 0.3 is 0 Å². The molecule has 2 aromatic rings. The van der Waals surface area contributed by atoms with Crippen LogP contribution in [0.4, 0.5) is 11.6 Å². The lowest BCUT2D eigenvalue weighted by atomic mass is 10.3. The third kappa shape index (κ3) is 3.05. The van der Waals surface area contributed by atoms with Crippen LogP contribution in [0, 0.1) is 10.1 Å². The maximum atomic E-state index is 10.8. The van der Waals surface area contributed by atoms with Gasteiger partial charge in [0.1, 0.15) is 0 Å². The molecule has 0 saturated heterocycles. The van der Waals surface area contributed by atoms with Crippen molar-refractivity contribution in [2.24, 2.45) is 0 Å². The van der Waals surface area contributed by atoms with E-state index in [1.165, 1.54) is 12.1 Å². The van der Waals surface area contributed by atoms with Crippen molar-refractivity contribution in [3.8, 4) is 0 Å². The first-order valence-corrected chi connectivity index (χ1v) is 6.69. The molecule has 1 aromatic heterocycles. The Morgan fingerprint density at radius 2 is 2.25 bits per heavy atom. The van der Waals surface area contributed by atoms with Gasteiger partial charge in [-0.1, -0.05) is 6.92 Å². The number of benzene rings is 1. The van der Waals surface area contributed by atoms with Gasteiger partial charge in [-0.05, 0) is 19.5 Å². The summed E-state index contributed by atoms with van der Waals surface area (Å²) >= 11 is 0. The fourth-order valence-corrected chi connectivity index (χ4v) is 2.09. The van der Waals surface area contributed by atoms with E-state index in [0.29, 0.717) is 5.52 Å². The first-order chi connectivity index (χ1) is 9.65. The Hall–Kier alpha value is -2.15. The fourth-order valence-electron chi connectivity index (χ4n) is 2.09. The lowest BCUT2D eigenvalue weighted by molar-refractivity contribution is -0.384. The number of non-ortho nitro benzene ring substituents is 1. The van der Waals surface area contributed by atoms with Crippen molar-refractivity contribution in [2.75, 3.05) is 31.6 Å². The molecule has 0 aliphatic heterocycles. The number of rotatable bonds is 7. The Balaban J connectivity index is 2.30. The van der Waals surface area contributed by atoms with E-state index in [-0.39, 0.29) is 5.69 Å². The third-order valence-corrected chi connectivity index (χ3v) is 3.09. The number of nitro groups is 1. The number of anilines is 1. The molecule has 0 bridgehead atoms. The second kappa shape index (κ2) is 6.33. The van der Waals surface area contributed by atoms with Gasteiger partial charge in [0, 0.05) is 31.8 Å². The van der Waals surface area contributed by atoms with Crippen LogP contribution in [0.25, 0.3) is 11.0 Å². The van der Waals surface area contributed by atoms with Crippen molar-refractivity contribution >= 4 is 22.7 Å². The van der Waals surface area contributed by atoms with E-state index in [1.54, 1.807) is 6.07 Å². The van der Waals surface area contributed by atoms with Crippen LogP contribution in [0.15, 0.2) is 18.2 Å². The summed E-state index contributed by atoms with van der Waals surface area (Å²) in [6, 6.07) is 4.68. The van der Waals surface area contributed by atoms with Gasteiger partial charge in [0.05, 0.1) is 16.0 Å². The molecule has 0 unspecified atom stereocenters. The van der Waals surface area contributed by atoms with Crippen molar-refractivity contribution in [2.45, 2.75) is 13.3 Å². The van der Waals surface area contributed by atoms with Gasteiger partial charge in [-0.2, -0.15) is 0 Å². The highest BCUT2D eigenvalue weighted by molar-refractivity contribution is 5.80. The van der Waals surface area contributed by atoms with Gasteiger partial charge in [-0.15, -0.1) is 0 Å². The molecule has 0 spiro atoms. The van der Waals surface area contributed by atoms with Crippen molar-refractivity contribution < 1.29 is 4.92 Å². The van der Waals surface area contributed by atoms with Gasteiger partial charge in [0.15, 0.2) is 0 Å². The lowest BCUT2D eigenvalue weighted by Gasteiger charge is -2.20. The number of aromatic nitrogens is 2. The minimum atomic E-state index is -0.398. The molecule has 2 rings (SSSR count). The smallest absolute Gasteiger partial charge is 0.271 e. The zero-order chi connectivity index (χ0) is 14.5. The van der Waals surface area contributed by atoms with E-state index in [4.69, 9.17) is 0 Å². The first-order valence-electron chi connectivity index (χ1n) is 6.69. The summed E-state index contributed by atoms with van der Waals surface area (Å²) in [5.74, 6) is 0.762. The molecule has 7 nitrogen and oxygen atoms in total. The summed E-state index contributed by atoms with van der Waals surface area (Å²) in [5.41, 5.74) is 1.51. The Morgan fingerprint density at radius 3 is 2.90 bits per heavy atom. The van der Waals surface area contributed by atoms with Crippen LogP contribution in [0.5, 0.6) is 0 Å². The van der Waals surface area contributed by atoms with Gasteiger partial charge in [-0.25, -0.2) is 4.98 Å². The second-order valence-electron chi connectivity index (χ2n) is 4.61. The molecule has 1 aromatic carbocycles. The summed E-state index contributed by atoms with van der Waals surface area (Å²) in [7, 11) is 1.91. The maximum Gasteiger partial charge on any atom is 0.271 e. The predicted molar refractivity (Wildman–Crippen MR) is 79.2 cm³/mol. The molecule has 0 atom stereocenters. The summed E-state index contributed by atoms with van der Waals surface area (Å²) in [6.07, 6.45) is 1.01. The summed E-state index contributed by atoms with van der Waals surface area (Å²) in [6.45, 7) is 4.70. The Labute approximate surface area is 117 Å². The highest BCUT2D eigenvalue weighted by atomic mass is 16.6. The van der Waals surface area contributed by atoms with Crippen LogP contribution in [-0.4, -0.2) is 41.6 Å². The van der Waals surface area contributed by atoms with Crippen LogP contribution >= 0.6 is 0 Å². The minimum absolute atomic E-state index is 0.0740. The molecule has 0 radical (unpaired) electrons. The van der Waals surface area contributed by atoms with Gasteiger partial charge in [-0.3, -0.25) is 10.1 Å². The summed E-state index contributed by atoms with van der Waals surface area (Å²) in [5, 5.41) is 13.9. The second-order valence-corrected chi connectivity index (χ2v) is 4.61. The number of nitrogens with zero attached hydrogens (tertiary/aromatic N) is 3. The number of likely N-dealkylation sites (N-methyl/N-ethyl adjacent to an activating group) is 1. The van der Waals surface area contributed by atoms with Crippen LogP contribution in [-0.2, 0) is 0 Å². The first kappa shape index (κ1) is 14.3. The molecule has 0 aliphatic rings. The molecule has 0 amide bonds. The summed E-state index contributed by atoms with van der Waals surface area (Å²) in [4.78, 5) is 20.2. The van der Waals surface area contributed by atoms with E-state index in [9.17, 15) is 10.1 Å². The van der Waals surface area contributed by atoms with E-state index >= 15 is 0 Å². The number of nitro benzene ring substituents is 1. The van der Waals surface area contributed by atoms with Crippen LogP contribution < -0.4 is 10.2 Å². The standard InChI is InChI=1S/C13H19N5O2/c1-3-7-17(8-6-14-2)13-15-11-5-4-10(18(19)20)9-12(11)16-13/h4-5,9,14H,3,6-8H2,1-2H3,(H,15,16). The zero-order valence-electron chi connectivity index (χ0n) is 11.7. The average molecular weight is 277 g/mol. The van der Waals surface area contributed by atoms with E-state index in [0.717, 1.165) is 37.5 Å². The Kier molecular flexibility index (Phi) is 4.52. The third-order valence-electron chi connectivity index (χ3n) is 3.09. The molecule has 108 valence electrons. The number of aromatic amines is 1. The quantitative estimate of drug-likeness (QED) is 0.596. The number of nitrogens with one attached hydrogen (secondary N) is 2. The molecule has 0 fully saturated rings. The van der Waals surface area contributed by atoms with Crippen molar-refractivity contribution in [3.63, 3.8) is 0 Å². The van der Waals surface area contributed by atoms with Crippen molar-refractivity contribution in [3.05, 3.63) is 28.3 Å². The van der Waals surface area contributed by atoms with Crippen LogP contribution in [0.2, 0.25) is 0 Å². The van der Waals surface area contributed by atoms with E-state index in [1.807, 2.05) is 7.05 Å².